The molecule has 2 rings (SSSR count). The molecule has 114 valence electrons. The maximum absolute atomic E-state index is 12.1. The van der Waals surface area contributed by atoms with Crippen molar-refractivity contribution in [3.8, 4) is 0 Å². The maximum Gasteiger partial charge on any atom is 0.240 e. The summed E-state index contributed by atoms with van der Waals surface area (Å²) < 4.78 is 28.7. The third-order valence-electron chi connectivity index (χ3n) is 3.11. The summed E-state index contributed by atoms with van der Waals surface area (Å²) >= 11 is 0. The fourth-order valence-electron chi connectivity index (χ4n) is 1.97. The average molecular weight is 308 g/mol. The van der Waals surface area contributed by atoms with Crippen molar-refractivity contribution in [2.75, 3.05) is 13.1 Å². The Morgan fingerprint density at radius 1 is 1.24 bits per heavy atom. The van der Waals surface area contributed by atoms with Gasteiger partial charge < -0.3 is 10.3 Å². The van der Waals surface area contributed by atoms with E-state index >= 15 is 0 Å². The highest BCUT2D eigenvalue weighted by Crippen LogP contribution is 2.10. The van der Waals surface area contributed by atoms with Crippen LogP contribution < -0.4 is 10.5 Å². The van der Waals surface area contributed by atoms with Crippen LogP contribution in [0.5, 0.6) is 0 Å². The van der Waals surface area contributed by atoms with Gasteiger partial charge in [0.25, 0.3) is 0 Å². The van der Waals surface area contributed by atoms with E-state index < -0.39 is 10.0 Å². The van der Waals surface area contributed by atoms with Gasteiger partial charge in [-0.3, -0.25) is 0 Å². The van der Waals surface area contributed by atoms with Gasteiger partial charge in [-0.05, 0) is 37.1 Å². The largest absolute Gasteiger partial charge is 0.337 e. The van der Waals surface area contributed by atoms with Gasteiger partial charge in [0.2, 0.25) is 10.0 Å². The number of benzene rings is 1. The van der Waals surface area contributed by atoms with Crippen molar-refractivity contribution in [3.63, 3.8) is 0 Å². The first kappa shape index (κ1) is 15.7. The Balaban J connectivity index is 1.85. The molecule has 0 atom stereocenters. The van der Waals surface area contributed by atoms with Crippen molar-refractivity contribution < 1.29 is 8.42 Å². The predicted octanol–water partition coefficient (Wildman–Crippen LogP) is 0.753. The first-order valence-electron chi connectivity index (χ1n) is 6.86. The van der Waals surface area contributed by atoms with Gasteiger partial charge in [0, 0.05) is 25.5 Å². The third-order valence-corrected chi connectivity index (χ3v) is 4.59. The number of aryl methyl sites for hydroxylation is 1. The van der Waals surface area contributed by atoms with Crippen LogP contribution in [0.1, 0.15) is 12.0 Å². The molecule has 0 amide bonds. The Bertz CT molecular complexity index is 636. The molecule has 1 aromatic carbocycles. The second-order valence-electron chi connectivity index (χ2n) is 4.73. The molecular formula is C14H20N4O2S. The molecule has 0 saturated heterocycles. The van der Waals surface area contributed by atoms with Crippen molar-refractivity contribution in [2.45, 2.75) is 24.3 Å². The number of imidazole rings is 1. The smallest absolute Gasteiger partial charge is 0.240 e. The molecule has 0 fully saturated rings. The van der Waals surface area contributed by atoms with E-state index in [1.54, 1.807) is 36.8 Å². The summed E-state index contributed by atoms with van der Waals surface area (Å²) in [6.07, 6.45) is 6.72. The molecule has 0 aliphatic heterocycles. The van der Waals surface area contributed by atoms with Crippen LogP contribution in [-0.4, -0.2) is 31.1 Å². The Kier molecular flexibility index (Phi) is 5.49. The number of hydrogen-bond donors (Lipinski definition) is 2. The highest BCUT2D eigenvalue weighted by Gasteiger charge is 2.12. The van der Waals surface area contributed by atoms with E-state index in [-0.39, 0.29) is 4.90 Å². The topological polar surface area (TPSA) is 90.0 Å². The Hall–Kier alpha value is -1.70. The minimum Gasteiger partial charge on any atom is -0.337 e. The molecule has 0 unspecified atom stereocenters. The molecule has 0 aliphatic carbocycles. The lowest BCUT2D eigenvalue weighted by Gasteiger charge is -2.08. The maximum atomic E-state index is 12.1. The van der Waals surface area contributed by atoms with Crippen LogP contribution in [0.4, 0.5) is 0 Å². The summed E-state index contributed by atoms with van der Waals surface area (Å²) in [4.78, 5) is 4.22. The first-order chi connectivity index (χ1) is 10.1. The van der Waals surface area contributed by atoms with E-state index in [1.165, 1.54) is 0 Å². The Morgan fingerprint density at radius 3 is 2.62 bits per heavy atom. The minimum absolute atomic E-state index is 0.283. The molecule has 0 radical (unpaired) electrons. The van der Waals surface area contributed by atoms with E-state index in [0.717, 1.165) is 18.5 Å². The fourth-order valence-corrected chi connectivity index (χ4v) is 3.05. The number of hydrogen-bond acceptors (Lipinski definition) is 4. The zero-order valence-corrected chi connectivity index (χ0v) is 12.6. The van der Waals surface area contributed by atoms with Gasteiger partial charge in [-0.2, -0.15) is 0 Å². The normalized spacial score (nSPS) is 11.7. The SMILES string of the molecule is NCCc1ccc(S(=O)(=O)NCCCn2ccnc2)cc1. The molecule has 0 spiro atoms. The highest BCUT2D eigenvalue weighted by molar-refractivity contribution is 7.89. The van der Waals surface area contributed by atoms with Crippen molar-refractivity contribution >= 4 is 10.0 Å². The molecular weight excluding hydrogens is 288 g/mol. The minimum atomic E-state index is -3.44. The van der Waals surface area contributed by atoms with Crippen molar-refractivity contribution in [2.24, 2.45) is 5.73 Å². The number of rotatable bonds is 8. The molecule has 2 aromatic rings. The van der Waals surface area contributed by atoms with Gasteiger partial charge in [-0.15, -0.1) is 0 Å². The van der Waals surface area contributed by atoms with E-state index in [2.05, 4.69) is 9.71 Å². The van der Waals surface area contributed by atoms with Crippen molar-refractivity contribution in [1.82, 2.24) is 14.3 Å². The van der Waals surface area contributed by atoms with Gasteiger partial charge in [0.05, 0.1) is 11.2 Å². The van der Waals surface area contributed by atoms with E-state index in [9.17, 15) is 8.42 Å². The second-order valence-corrected chi connectivity index (χ2v) is 6.50. The highest BCUT2D eigenvalue weighted by atomic mass is 32.2. The number of nitrogens with one attached hydrogen (secondary N) is 1. The van der Waals surface area contributed by atoms with Crippen LogP contribution in [0.3, 0.4) is 0 Å². The van der Waals surface area contributed by atoms with Crippen LogP contribution in [0.2, 0.25) is 0 Å². The summed E-state index contributed by atoms with van der Waals surface area (Å²) in [5.74, 6) is 0. The lowest BCUT2D eigenvalue weighted by molar-refractivity contribution is 0.570. The first-order valence-corrected chi connectivity index (χ1v) is 8.34. The van der Waals surface area contributed by atoms with Crippen LogP contribution >= 0.6 is 0 Å². The molecule has 21 heavy (non-hydrogen) atoms. The van der Waals surface area contributed by atoms with Gasteiger partial charge in [-0.25, -0.2) is 18.1 Å². The Morgan fingerprint density at radius 2 is 2.00 bits per heavy atom. The standard InChI is InChI=1S/C14H20N4O2S/c15-7-6-13-2-4-14(5-3-13)21(19,20)17-8-1-10-18-11-9-16-12-18/h2-5,9,11-12,17H,1,6-8,10,15H2. The van der Waals surface area contributed by atoms with E-state index in [1.807, 2.05) is 10.8 Å². The van der Waals surface area contributed by atoms with Crippen molar-refractivity contribution in [1.29, 1.82) is 0 Å². The second kappa shape index (κ2) is 7.35. The zero-order valence-electron chi connectivity index (χ0n) is 11.8. The van der Waals surface area contributed by atoms with Crippen molar-refractivity contribution in [3.05, 3.63) is 48.5 Å². The number of aromatic nitrogens is 2. The third kappa shape index (κ3) is 4.66. The van der Waals surface area contributed by atoms with Crippen LogP contribution in [-0.2, 0) is 23.0 Å². The molecule has 3 N–H and O–H groups in total. The fraction of sp³-hybridized carbons (Fsp3) is 0.357. The molecule has 0 aliphatic rings. The number of sulfonamides is 1. The monoisotopic (exact) mass is 308 g/mol. The molecule has 0 bridgehead atoms. The number of nitrogens with zero attached hydrogens (tertiary/aromatic N) is 2. The molecule has 0 saturated carbocycles. The van der Waals surface area contributed by atoms with Crippen LogP contribution in [0.25, 0.3) is 0 Å². The molecule has 7 heteroatoms. The molecule has 6 nitrogen and oxygen atoms in total. The van der Waals surface area contributed by atoms with Gasteiger partial charge in [0.15, 0.2) is 0 Å². The van der Waals surface area contributed by atoms with E-state index in [0.29, 0.717) is 19.5 Å². The lowest BCUT2D eigenvalue weighted by Crippen LogP contribution is -2.25. The van der Waals surface area contributed by atoms with Crippen LogP contribution in [0, 0.1) is 0 Å². The quantitative estimate of drug-likeness (QED) is 0.704. The summed E-state index contributed by atoms with van der Waals surface area (Å²) in [7, 11) is -3.44. The number of nitrogens with two attached hydrogens (primary N) is 1. The van der Waals surface area contributed by atoms with Crippen LogP contribution in [0.15, 0.2) is 47.9 Å². The molecule has 1 aromatic heterocycles. The Labute approximate surface area is 125 Å². The van der Waals surface area contributed by atoms with Gasteiger partial charge in [0.1, 0.15) is 0 Å². The van der Waals surface area contributed by atoms with Gasteiger partial charge >= 0.3 is 0 Å². The predicted molar refractivity (Wildman–Crippen MR) is 81.2 cm³/mol. The summed E-state index contributed by atoms with van der Waals surface area (Å²) in [5, 5.41) is 0. The average Bonchev–Trinajstić information content (AvgIpc) is 2.98. The summed E-state index contributed by atoms with van der Waals surface area (Å²) in [5.41, 5.74) is 6.51. The van der Waals surface area contributed by atoms with E-state index in [4.69, 9.17) is 5.73 Å². The summed E-state index contributed by atoms with van der Waals surface area (Å²) in [6, 6.07) is 6.83. The zero-order chi connectivity index (χ0) is 15.1. The van der Waals surface area contributed by atoms with Gasteiger partial charge in [-0.1, -0.05) is 12.1 Å². The molecule has 1 heterocycles. The lowest BCUT2D eigenvalue weighted by atomic mass is 10.2. The summed E-state index contributed by atoms with van der Waals surface area (Å²) in [6.45, 7) is 1.68.